The van der Waals surface area contributed by atoms with Gasteiger partial charge in [-0.2, -0.15) is 5.10 Å². The molecule has 5 heterocycles. The molecule has 33 heavy (non-hydrogen) atoms. The third-order valence-corrected chi connectivity index (χ3v) is 7.41. The van der Waals surface area contributed by atoms with E-state index in [2.05, 4.69) is 42.2 Å². The second kappa shape index (κ2) is 8.18. The number of aryl methyl sites for hydroxylation is 1. The van der Waals surface area contributed by atoms with Crippen molar-refractivity contribution in [2.75, 3.05) is 51.5 Å². The van der Waals surface area contributed by atoms with E-state index in [-0.39, 0.29) is 0 Å². The van der Waals surface area contributed by atoms with Gasteiger partial charge in [-0.3, -0.25) is 0 Å². The summed E-state index contributed by atoms with van der Waals surface area (Å²) < 4.78 is 18.7. The fourth-order valence-electron chi connectivity index (χ4n) is 4.27. The molecular weight excluding hydrogens is 438 g/mol. The molecule has 1 aromatic carbocycles. The van der Waals surface area contributed by atoms with Gasteiger partial charge in [0.25, 0.3) is 0 Å². The van der Waals surface area contributed by atoms with Crippen molar-refractivity contribution in [1.82, 2.24) is 19.7 Å². The van der Waals surface area contributed by atoms with Gasteiger partial charge in [-0.05, 0) is 19.1 Å². The molecule has 6 rings (SSSR count). The molecule has 0 aliphatic carbocycles. The number of fused-ring (bicyclic) bond motifs is 1. The molecule has 0 spiro atoms. The van der Waals surface area contributed by atoms with Gasteiger partial charge in [-0.1, -0.05) is 35.1 Å². The van der Waals surface area contributed by atoms with Gasteiger partial charge < -0.3 is 19.1 Å². The molecule has 170 valence electrons. The van der Waals surface area contributed by atoms with Crippen molar-refractivity contribution in [3.8, 4) is 17.1 Å². The van der Waals surface area contributed by atoms with Crippen LogP contribution in [0.25, 0.3) is 27.4 Å². The van der Waals surface area contributed by atoms with E-state index in [0.717, 1.165) is 51.2 Å². The van der Waals surface area contributed by atoms with E-state index in [0.29, 0.717) is 26.4 Å². The lowest BCUT2D eigenvalue weighted by atomic mass is 10.0. The number of hydrogen-bond acceptors (Lipinski definition) is 8. The highest BCUT2D eigenvalue weighted by Crippen LogP contribution is 2.40. The number of pyridine rings is 1. The minimum atomic E-state index is -0.474. The average Bonchev–Trinajstić information content (AvgIpc) is 3.46. The molecule has 2 aliphatic heterocycles. The molecule has 2 aliphatic rings. The summed E-state index contributed by atoms with van der Waals surface area (Å²) in [4.78, 5) is 13.1. The molecule has 2 fully saturated rings. The van der Waals surface area contributed by atoms with Crippen LogP contribution in [-0.4, -0.2) is 66.4 Å². The van der Waals surface area contributed by atoms with Crippen molar-refractivity contribution in [3.05, 3.63) is 53.2 Å². The molecule has 0 saturated carbocycles. The summed E-state index contributed by atoms with van der Waals surface area (Å²) >= 11 is 1.57. The van der Waals surface area contributed by atoms with Gasteiger partial charge >= 0.3 is 0 Å². The third-order valence-electron chi connectivity index (χ3n) is 6.27. The number of morpholine rings is 1. The third kappa shape index (κ3) is 3.61. The van der Waals surface area contributed by atoms with Crippen molar-refractivity contribution in [2.24, 2.45) is 0 Å². The Morgan fingerprint density at radius 2 is 1.91 bits per heavy atom. The van der Waals surface area contributed by atoms with Gasteiger partial charge in [0.1, 0.15) is 15.4 Å². The summed E-state index contributed by atoms with van der Waals surface area (Å²) in [5.41, 5.74) is 4.70. The Hall–Kier alpha value is -2.85. The highest BCUT2D eigenvalue weighted by atomic mass is 32.1. The molecule has 3 aromatic heterocycles. The topological polar surface area (TPSA) is 74.5 Å². The Labute approximate surface area is 195 Å². The fourth-order valence-corrected chi connectivity index (χ4v) is 5.36. The number of anilines is 1. The average molecular weight is 464 g/mol. The van der Waals surface area contributed by atoms with Gasteiger partial charge in [0.2, 0.25) is 0 Å². The van der Waals surface area contributed by atoms with Crippen molar-refractivity contribution in [3.63, 3.8) is 0 Å². The summed E-state index contributed by atoms with van der Waals surface area (Å²) in [6, 6.07) is 12.5. The van der Waals surface area contributed by atoms with E-state index in [1.165, 1.54) is 5.56 Å². The van der Waals surface area contributed by atoms with Crippen LogP contribution in [0.1, 0.15) is 10.6 Å². The maximum atomic E-state index is 5.80. The molecule has 0 amide bonds. The van der Waals surface area contributed by atoms with Crippen LogP contribution in [0.5, 0.6) is 0 Å². The standard InChI is InChI=1S/C24H25N5O3S/c1-16-4-3-5-17(12-16)18-6-7-29(27-18)20-13-19(28-8-10-31-11-9-28)21-22(25-20)33-23(26-21)24(30-2)14-32-15-24/h3-7,12-13H,8-11,14-15H2,1-2H3. The number of nitrogens with zero attached hydrogens (tertiary/aromatic N) is 5. The zero-order chi connectivity index (χ0) is 22.4. The Bertz CT molecular complexity index is 1300. The van der Waals surface area contributed by atoms with Gasteiger partial charge in [0, 0.05) is 38.0 Å². The molecule has 9 heteroatoms. The summed E-state index contributed by atoms with van der Waals surface area (Å²) in [6.45, 7) is 6.15. The summed E-state index contributed by atoms with van der Waals surface area (Å²) in [5.74, 6) is 0.773. The Morgan fingerprint density at radius 1 is 1.06 bits per heavy atom. The maximum absolute atomic E-state index is 5.80. The quantitative estimate of drug-likeness (QED) is 0.448. The predicted octanol–water partition coefficient (Wildman–Crippen LogP) is 3.56. The molecule has 8 nitrogen and oxygen atoms in total. The van der Waals surface area contributed by atoms with Gasteiger partial charge in [-0.15, -0.1) is 0 Å². The van der Waals surface area contributed by atoms with Gasteiger partial charge in [0.05, 0.1) is 37.8 Å². The lowest BCUT2D eigenvalue weighted by Crippen LogP contribution is -2.48. The van der Waals surface area contributed by atoms with Crippen LogP contribution in [0, 0.1) is 6.92 Å². The zero-order valence-corrected chi connectivity index (χ0v) is 19.5. The second-order valence-electron chi connectivity index (χ2n) is 8.48. The number of ether oxygens (including phenoxy) is 3. The van der Waals surface area contributed by atoms with Crippen LogP contribution in [0.4, 0.5) is 5.69 Å². The highest BCUT2D eigenvalue weighted by molar-refractivity contribution is 7.18. The van der Waals surface area contributed by atoms with E-state index in [9.17, 15) is 0 Å². The molecule has 0 bridgehead atoms. The first-order valence-electron chi connectivity index (χ1n) is 11.1. The molecular formula is C24H25N5O3S. The molecule has 0 unspecified atom stereocenters. The van der Waals surface area contributed by atoms with Crippen molar-refractivity contribution >= 4 is 27.4 Å². The summed E-state index contributed by atoms with van der Waals surface area (Å²) in [6.07, 6.45) is 1.97. The first-order chi connectivity index (χ1) is 16.1. The lowest BCUT2D eigenvalue weighted by Gasteiger charge is -2.37. The molecule has 4 aromatic rings. The highest BCUT2D eigenvalue weighted by Gasteiger charge is 2.44. The first-order valence-corrected chi connectivity index (χ1v) is 11.9. The van der Waals surface area contributed by atoms with E-state index >= 15 is 0 Å². The van der Waals surface area contributed by atoms with Crippen LogP contribution in [0.3, 0.4) is 0 Å². The van der Waals surface area contributed by atoms with Gasteiger partial charge in [0.15, 0.2) is 11.4 Å². The Balaban J connectivity index is 1.46. The number of methoxy groups -OCH3 is 1. The number of benzene rings is 1. The van der Waals surface area contributed by atoms with Crippen LogP contribution < -0.4 is 4.90 Å². The molecule has 0 N–H and O–H groups in total. The van der Waals surface area contributed by atoms with Crippen molar-refractivity contribution in [2.45, 2.75) is 12.5 Å². The van der Waals surface area contributed by atoms with E-state index in [1.54, 1.807) is 18.4 Å². The molecule has 2 saturated heterocycles. The minimum Gasteiger partial charge on any atom is -0.378 e. The fraction of sp³-hybridized carbons (Fsp3) is 0.375. The Kier molecular flexibility index (Phi) is 5.14. The van der Waals surface area contributed by atoms with E-state index < -0.39 is 5.60 Å². The van der Waals surface area contributed by atoms with Crippen molar-refractivity contribution < 1.29 is 14.2 Å². The monoisotopic (exact) mass is 463 g/mol. The number of thiazole rings is 1. The smallest absolute Gasteiger partial charge is 0.165 e. The van der Waals surface area contributed by atoms with Crippen LogP contribution in [0.2, 0.25) is 0 Å². The second-order valence-corrected chi connectivity index (χ2v) is 9.46. The van der Waals surface area contributed by atoms with E-state index in [1.807, 2.05) is 16.9 Å². The predicted molar refractivity (Wildman–Crippen MR) is 127 cm³/mol. The molecule has 0 radical (unpaired) electrons. The Morgan fingerprint density at radius 3 is 2.64 bits per heavy atom. The number of hydrogen-bond donors (Lipinski definition) is 0. The zero-order valence-electron chi connectivity index (χ0n) is 18.7. The molecule has 0 atom stereocenters. The SMILES string of the molecule is COC1(c2nc3c(N4CCOCC4)cc(-n4ccc(-c5cccc(C)c5)n4)nc3s2)COC1. The van der Waals surface area contributed by atoms with Gasteiger partial charge in [-0.25, -0.2) is 14.6 Å². The summed E-state index contributed by atoms with van der Waals surface area (Å²) in [7, 11) is 1.72. The normalized spacial score (nSPS) is 17.9. The maximum Gasteiger partial charge on any atom is 0.165 e. The van der Waals surface area contributed by atoms with Crippen molar-refractivity contribution in [1.29, 1.82) is 0 Å². The van der Waals surface area contributed by atoms with Crippen LogP contribution in [-0.2, 0) is 19.8 Å². The summed E-state index contributed by atoms with van der Waals surface area (Å²) in [5, 5.41) is 5.74. The van der Waals surface area contributed by atoms with Crippen LogP contribution in [0.15, 0.2) is 42.6 Å². The first kappa shape index (κ1) is 20.7. The van der Waals surface area contributed by atoms with Crippen LogP contribution >= 0.6 is 11.3 Å². The number of rotatable bonds is 5. The largest absolute Gasteiger partial charge is 0.378 e. The lowest BCUT2D eigenvalue weighted by molar-refractivity contribution is -0.202. The minimum absolute atomic E-state index is 0.474. The van der Waals surface area contributed by atoms with E-state index in [4.69, 9.17) is 29.3 Å². The number of aromatic nitrogens is 4.